The number of nitrogens with one attached hydrogen (secondary N) is 1. The molecule has 2 N–H and O–H groups in total. The topological polar surface area (TPSA) is 32.3 Å². The van der Waals surface area contributed by atoms with Gasteiger partial charge in [0.1, 0.15) is 0 Å². The highest BCUT2D eigenvalue weighted by Crippen LogP contribution is 2.16. The lowest BCUT2D eigenvalue weighted by molar-refractivity contribution is 0.431. The van der Waals surface area contributed by atoms with E-state index in [1.807, 2.05) is 0 Å². The number of hydrogen-bond donors (Lipinski definition) is 2. The quantitative estimate of drug-likeness (QED) is 0.746. The van der Waals surface area contributed by atoms with Crippen molar-refractivity contribution in [3.05, 3.63) is 41.7 Å². The number of hydrogen-bond acceptors (Lipinski definition) is 2. The zero-order chi connectivity index (χ0) is 10.7. The molecular formula is C12H14FNO. The molecule has 1 aliphatic rings. The van der Waals surface area contributed by atoms with Gasteiger partial charge in [-0.25, -0.2) is 4.39 Å². The first-order valence-corrected chi connectivity index (χ1v) is 5.11. The van der Waals surface area contributed by atoms with Crippen LogP contribution in [0, 0.1) is 5.82 Å². The number of halogens is 1. The largest absolute Gasteiger partial charge is 0.505 e. The van der Waals surface area contributed by atoms with Crippen LogP contribution >= 0.6 is 0 Å². The maximum atomic E-state index is 13.0. The lowest BCUT2D eigenvalue weighted by Gasteiger charge is -2.11. The second-order valence-corrected chi connectivity index (χ2v) is 3.81. The smallest absolute Gasteiger partial charge is 0.165 e. The van der Waals surface area contributed by atoms with Crippen molar-refractivity contribution >= 4 is 0 Å². The molecule has 0 aromatic heterocycles. The van der Waals surface area contributed by atoms with Crippen LogP contribution in [0.15, 0.2) is 30.4 Å². The number of phenolic OH excluding ortho intramolecular Hbond substituents is 1. The maximum absolute atomic E-state index is 13.0. The van der Waals surface area contributed by atoms with Gasteiger partial charge >= 0.3 is 0 Å². The molecule has 0 heterocycles. The summed E-state index contributed by atoms with van der Waals surface area (Å²) in [5.74, 6) is -0.847. The Morgan fingerprint density at radius 2 is 2.07 bits per heavy atom. The average molecular weight is 207 g/mol. The fourth-order valence-electron chi connectivity index (χ4n) is 1.71. The van der Waals surface area contributed by atoms with Gasteiger partial charge < -0.3 is 10.4 Å². The van der Waals surface area contributed by atoms with Gasteiger partial charge in [-0.05, 0) is 30.5 Å². The minimum Gasteiger partial charge on any atom is -0.505 e. The molecule has 0 spiro atoms. The standard InChI is InChI=1S/C12H14FNO/c13-11-7-9(5-6-12(11)15)8-14-10-3-1-2-4-10/h1-2,5-7,10,14-15H,3-4,8H2. The fourth-order valence-corrected chi connectivity index (χ4v) is 1.71. The second-order valence-electron chi connectivity index (χ2n) is 3.81. The van der Waals surface area contributed by atoms with Gasteiger partial charge in [-0.1, -0.05) is 18.2 Å². The molecule has 0 saturated carbocycles. The van der Waals surface area contributed by atoms with Gasteiger partial charge in [-0.3, -0.25) is 0 Å². The summed E-state index contributed by atoms with van der Waals surface area (Å²) in [7, 11) is 0. The first-order chi connectivity index (χ1) is 7.25. The van der Waals surface area contributed by atoms with Gasteiger partial charge in [-0.15, -0.1) is 0 Å². The van der Waals surface area contributed by atoms with Gasteiger partial charge in [0.25, 0.3) is 0 Å². The third-order valence-corrected chi connectivity index (χ3v) is 2.61. The van der Waals surface area contributed by atoms with E-state index in [-0.39, 0.29) is 5.75 Å². The van der Waals surface area contributed by atoms with Gasteiger partial charge in [0, 0.05) is 12.6 Å². The summed E-state index contributed by atoms with van der Waals surface area (Å²) in [6.07, 6.45) is 6.38. The summed E-state index contributed by atoms with van der Waals surface area (Å²) >= 11 is 0. The van der Waals surface area contributed by atoms with Crippen LogP contribution < -0.4 is 5.32 Å². The van der Waals surface area contributed by atoms with Crippen LogP contribution in [0.5, 0.6) is 5.75 Å². The molecule has 1 aromatic rings. The van der Waals surface area contributed by atoms with Crippen molar-refractivity contribution in [3.8, 4) is 5.75 Å². The Labute approximate surface area is 88.4 Å². The summed E-state index contributed by atoms with van der Waals surface area (Å²) in [5, 5.41) is 12.4. The van der Waals surface area contributed by atoms with E-state index in [9.17, 15) is 4.39 Å². The Morgan fingerprint density at radius 1 is 1.33 bits per heavy atom. The normalized spacial score (nSPS) is 16.1. The van der Waals surface area contributed by atoms with E-state index in [1.54, 1.807) is 6.07 Å². The van der Waals surface area contributed by atoms with Crippen LogP contribution in [-0.4, -0.2) is 11.1 Å². The summed E-state index contributed by atoms with van der Waals surface area (Å²) in [4.78, 5) is 0. The van der Waals surface area contributed by atoms with Crippen molar-refractivity contribution in [2.24, 2.45) is 0 Å². The van der Waals surface area contributed by atoms with Gasteiger partial charge in [0.15, 0.2) is 11.6 Å². The Balaban J connectivity index is 1.90. The predicted molar refractivity (Wildman–Crippen MR) is 57.1 cm³/mol. The molecule has 0 aliphatic heterocycles. The van der Waals surface area contributed by atoms with E-state index in [2.05, 4.69) is 17.5 Å². The van der Waals surface area contributed by atoms with E-state index in [0.717, 1.165) is 18.4 Å². The van der Waals surface area contributed by atoms with Crippen molar-refractivity contribution in [3.63, 3.8) is 0 Å². The van der Waals surface area contributed by atoms with Crippen LogP contribution in [0.1, 0.15) is 18.4 Å². The Morgan fingerprint density at radius 3 is 2.73 bits per heavy atom. The monoisotopic (exact) mass is 207 g/mol. The molecule has 0 fully saturated rings. The number of aromatic hydroxyl groups is 1. The third kappa shape index (κ3) is 2.57. The second kappa shape index (κ2) is 4.45. The highest BCUT2D eigenvalue weighted by atomic mass is 19.1. The van der Waals surface area contributed by atoms with E-state index >= 15 is 0 Å². The minimum absolute atomic E-state index is 0.290. The van der Waals surface area contributed by atoms with E-state index in [4.69, 9.17) is 5.11 Å². The molecule has 80 valence electrons. The number of phenols is 1. The number of rotatable bonds is 3. The highest BCUT2D eigenvalue weighted by molar-refractivity contribution is 5.27. The van der Waals surface area contributed by atoms with Crippen LogP contribution in [0.4, 0.5) is 4.39 Å². The molecule has 1 aromatic carbocycles. The summed E-state index contributed by atoms with van der Waals surface area (Å²) in [6.45, 7) is 0.642. The molecule has 0 atom stereocenters. The summed E-state index contributed by atoms with van der Waals surface area (Å²) < 4.78 is 13.0. The first-order valence-electron chi connectivity index (χ1n) is 5.11. The molecule has 0 radical (unpaired) electrons. The lowest BCUT2D eigenvalue weighted by Crippen LogP contribution is -2.25. The Bertz CT molecular complexity index is 368. The fraction of sp³-hybridized carbons (Fsp3) is 0.333. The first kappa shape index (κ1) is 10.2. The van der Waals surface area contributed by atoms with Crippen LogP contribution in [-0.2, 0) is 6.54 Å². The lowest BCUT2D eigenvalue weighted by atomic mass is 10.2. The molecular weight excluding hydrogens is 193 g/mol. The minimum atomic E-state index is -0.557. The highest BCUT2D eigenvalue weighted by Gasteiger charge is 2.09. The summed E-state index contributed by atoms with van der Waals surface area (Å²) in [5.41, 5.74) is 0.859. The predicted octanol–water partition coefficient (Wildman–Crippen LogP) is 2.34. The molecule has 0 amide bonds. The zero-order valence-electron chi connectivity index (χ0n) is 8.41. The van der Waals surface area contributed by atoms with Gasteiger partial charge in [0.05, 0.1) is 0 Å². The molecule has 2 rings (SSSR count). The van der Waals surface area contributed by atoms with Crippen LogP contribution in [0.2, 0.25) is 0 Å². The maximum Gasteiger partial charge on any atom is 0.165 e. The van der Waals surface area contributed by atoms with E-state index in [1.165, 1.54) is 12.1 Å². The molecule has 0 unspecified atom stereocenters. The van der Waals surface area contributed by atoms with Crippen molar-refractivity contribution in [2.45, 2.75) is 25.4 Å². The van der Waals surface area contributed by atoms with Crippen molar-refractivity contribution in [1.82, 2.24) is 5.32 Å². The molecule has 2 nitrogen and oxygen atoms in total. The third-order valence-electron chi connectivity index (χ3n) is 2.61. The summed E-state index contributed by atoms with van der Waals surface area (Å²) in [6, 6.07) is 4.96. The Hall–Kier alpha value is -1.35. The zero-order valence-corrected chi connectivity index (χ0v) is 8.41. The van der Waals surface area contributed by atoms with Crippen LogP contribution in [0.3, 0.4) is 0 Å². The van der Waals surface area contributed by atoms with E-state index in [0.29, 0.717) is 12.6 Å². The van der Waals surface area contributed by atoms with Crippen molar-refractivity contribution in [2.75, 3.05) is 0 Å². The average Bonchev–Trinajstić information content (AvgIpc) is 2.73. The number of benzene rings is 1. The van der Waals surface area contributed by atoms with Crippen molar-refractivity contribution in [1.29, 1.82) is 0 Å². The molecule has 3 heteroatoms. The molecule has 15 heavy (non-hydrogen) atoms. The van der Waals surface area contributed by atoms with Gasteiger partial charge in [0.2, 0.25) is 0 Å². The van der Waals surface area contributed by atoms with E-state index < -0.39 is 5.82 Å². The molecule has 0 saturated heterocycles. The SMILES string of the molecule is Oc1ccc(CNC2CC=CC2)cc1F. The molecule has 0 bridgehead atoms. The Kier molecular flexibility index (Phi) is 3.02. The van der Waals surface area contributed by atoms with Crippen LogP contribution in [0.25, 0.3) is 0 Å². The van der Waals surface area contributed by atoms with Gasteiger partial charge in [-0.2, -0.15) is 0 Å². The van der Waals surface area contributed by atoms with Crippen molar-refractivity contribution < 1.29 is 9.50 Å². The molecule has 1 aliphatic carbocycles.